The van der Waals surface area contributed by atoms with Crippen LogP contribution in [0.2, 0.25) is 0 Å². The minimum Gasteiger partial charge on any atom is -0.496 e. The number of benzene rings is 3. The zero-order valence-electron chi connectivity index (χ0n) is 22.3. The van der Waals surface area contributed by atoms with E-state index in [4.69, 9.17) is 9.84 Å². The van der Waals surface area contributed by atoms with E-state index in [1.807, 2.05) is 0 Å². The second-order valence-electron chi connectivity index (χ2n) is 10.3. The predicted octanol–water partition coefficient (Wildman–Crippen LogP) is 7.14. The fraction of sp³-hybridized carbons (Fsp3) is 0.267. The number of hydrogen-bond donors (Lipinski definition) is 2. The van der Waals surface area contributed by atoms with Gasteiger partial charge in [-0.15, -0.1) is 0 Å². The Balaban J connectivity index is 1.49. The molecule has 0 aliphatic heterocycles. The van der Waals surface area contributed by atoms with Crippen molar-refractivity contribution in [3.63, 3.8) is 0 Å². The van der Waals surface area contributed by atoms with Crippen LogP contribution in [0.1, 0.15) is 45.5 Å². The van der Waals surface area contributed by atoms with Crippen LogP contribution in [-0.4, -0.2) is 40.0 Å². The highest BCUT2D eigenvalue weighted by Gasteiger charge is 2.57. The van der Waals surface area contributed by atoms with Gasteiger partial charge in [0.25, 0.3) is 5.91 Å². The summed E-state index contributed by atoms with van der Waals surface area (Å²) < 4.78 is 72.8. The number of hydrogen-bond acceptors (Lipinski definition) is 4. The summed E-state index contributed by atoms with van der Waals surface area (Å²) >= 11 is 3.61. The molecule has 2 N–H and O–H groups in total. The number of nitrogens with zero attached hydrogens (tertiary/aromatic N) is 1. The fourth-order valence-electron chi connectivity index (χ4n) is 5.68. The highest BCUT2D eigenvalue weighted by Crippen LogP contribution is 2.54. The number of carbonyl (C=O) groups is 3. The molecule has 3 aromatic carbocycles. The first-order valence-corrected chi connectivity index (χ1v) is 13.7. The number of aromatic carboxylic acids is 1. The van der Waals surface area contributed by atoms with Gasteiger partial charge in [0.2, 0.25) is 5.91 Å². The number of carboxylic acids is 1. The Labute approximate surface area is 249 Å². The Kier molecular flexibility index (Phi) is 7.88. The van der Waals surface area contributed by atoms with Crippen molar-refractivity contribution in [2.24, 2.45) is 16.8 Å². The van der Waals surface area contributed by atoms with E-state index in [2.05, 4.69) is 26.2 Å². The van der Waals surface area contributed by atoms with Crippen LogP contribution in [0.25, 0.3) is 11.1 Å². The SMILES string of the molecule is COc1cc(F)c(-c2ccc(C(=O)O)cc2)cc1C(=O)N=C1[C@@H](C(=O)Nc2ccc(F)c(C(F)(F)F)c2)[C@@H]2CC[C@@]1(Br)C2. The second kappa shape index (κ2) is 11.2. The number of ether oxygens (including phenoxy) is 1. The summed E-state index contributed by atoms with van der Waals surface area (Å²) in [6, 6.07) is 9.68. The van der Waals surface area contributed by atoms with Crippen molar-refractivity contribution in [3.8, 4) is 16.9 Å². The van der Waals surface area contributed by atoms with Gasteiger partial charge in [-0.2, -0.15) is 13.2 Å². The molecule has 0 spiro atoms. The number of carboxylic acid groups (broad SMARTS) is 1. The van der Waals surface area contributed by atoms with Gasteiger partial charge in [-0.05, 0) is 67.1 Å². The molecule has 2 bridgehead atoms. The number of anilines is 1. The summed E-state index contributed by atoms with van der Waals surface area (Å²) in [7, 11) is 1.23. The van der Waals surface area contributed by atoms with Gasteiger partial charge in [0.1, 0.15) is 17.4 Å². The van der Waals surface area contributed by atoms with E-state index in [-0.39, 0.29) is 39.8 Å². The number of alkyl halides is 4. The minimum atomic E-state index is -4.97. The average Bonchev–Trinajstić information content (AvgIpc) is 3.47. The number of amides is 2. The quantitative estimate of drug-likeness (QED) is 0.215. The van der Waals surface area contributed by atoms with E-state index >= 15 is 4.39 Å². The van der Waals surface area contributed by atoms with Gasteiger partial charge in [0.05, 0.1) is 39.8 Å². The van der Waals surface area contributed by atoms with Gasteiger partial charge in [-0.3, -0.25) is 9.59 Å². The van der Waals surface area contributed by atoms with E-state index in [9.17, 15) is 31.9 Å². The fourth-order valence-corrected chi connectivity index (χ4v) is 6.66. The van der Waals surface area contributed by atoms with Crippen LogP contribution in [0, 0.1) is 23.5 Å². The first-order valence-electron chi connectivity index (χ1n) is 12.9. The Hall–Kier alpha value is -4.13. The van der Waals surface area contributed by atoms with Crippen molar-refractivity contribution in [1.29, 1.82) is 0 Å². The molecule has 7 nitrogen and oxygen atoms in total. The molecule has 0 unspecified atom stereocenters. The lowest BCUT2D eigenvalue weighted by Crippen LogP contribution is -2.39. The number of methoxy groups -OCH3 is 1. The molecule has 2 amide bonds. The van der Waals surface area contributed by atoms with Crippen LogP contribution >= 0.6 is 15.9 Å². The van der Waals surface area contributed by atoms with E-state index in [0.29, 0.717) is 37.0 Å². The number of carbonyl (C=O) groups excluding carboxylic acids is 2. The van der Waals surface area contributed by atoms with E-state index in [1.165, 1.54) is 37.4 Å². The van der Waals surface area contributed by atoms with Crippen molar-refractivity contribution in [1.82, 2.24) is 0 Å². The van der Waals surface area contributed by atoms with Gasteiger partial charge < -0.3 is 15.2 Å². The maximum atomic E-state index is 15.0. The highest BCUT2D eigenvalue weighted by atomic mass is 79.9. The Bertz CT molecular complexity index is 1670. The zero-order chi connectivity index (χ0) is 31.3. The summed E-state index contributed by atoms with van der Waals surface area (Å²) in [6.45, 7) is 0. The number of halogens is 6. The van der Waals surface area contributed by atoms with Crippen molar-refractivity contribution in [2.75, 3.05) is 12.4 Å². The zero-order valence-corrected chi connectivity index (χ0v) is 23.9. The van der Waals surface area contributed by atoms with Crippen molar-refractivity contribution < 1.29 is 46.2 Å². The highest BCUT2D eigenvalue weighted by molar-refractivity contribution is 9.10. The Morgan fingerprint density at radius 3 is 2.37 bits per heavy atom. The molecular formula is C30H22BrF5N2O5. The molecule has 2 saturated carbocycles. The van der Waals surface area contributed by atoms with Gasteiger partial charge in [-0.25, -0.2) is 18.6 Å². The molecule has 0 radical (unpaired) electrons. The lowest BCUT2D eigenvalue weighted by molar-refractivity contribution is -0.140. The third-order valence-corrected chi connectivity index (χ3v) is 8.85. The maximum Gasteiger partial charge on any atom is 0.419 e. The first kappa shape index (κ1) is 30.3. The molecule has 43 heavy (non-hydrogen) atoms. The van der Waals surface area contributed by atoms with Gasteiger partial charge in [0.15, 0.2) is 0 Å². The first-order chi connectivity index (χ1) is 20.2. The van der Waals surface area contributed by atoms with Crippen molar-refractivity contribution in [2.45, 2.75) is 29.8 Å². The monoisotopic (exact) mass is 664 g/mol. The molecule has 5 rings (SSSR count). The molecule has 224 valence electrons. The standard InChI is InChI=1S/C30H22BrF5N2O5/c1-43-23-12-22(33)18(14-2-4-15(5-3-14)28(41)42)11-19(23)26(39)38-25-24(16-8-9-29(25,31)13-16)27(40)37-17-6-7-21(32)20(10-17)30(34,35)36/h2-7,10-12,16,24H,8-9,13H2,1H3,(H,37,40)(H,41,42)/t16-,24+,29-/m1/s1. The summed E-state index contributed by atoms with van der Waals surface area (Å²) in [5.41, 5.74) is -1.50. The summed E-state index contributed by atoms with van der Waals surface area (Å²) in [4.78, 5) is 42.4. The molecule has 3 aromatic rings. The minimum absolute atomic E-state index is 0.0149. The molecule has 0 heterocycles. The molecule has 0 aromatic heterocycles. The molecule has 13 heteroatoms. The van der Waals surface area contributed by atoms with E-state index in [0.717, 1.165) is 12.1 Å². The molecule has 3 atom stereocenters. The van der Waals surface area contributed by atoms with Crippen LogP contribution in [-0.2, 0) is 11.0 Å². The average molecular weight is 665 g/mol. The van der Waals surface area contributed by atoms with Crippen LogP contribution < -0.4 is 10.1 Å². The lowest BCUT2D eigenvalue weighted by Gasteiger charge is -2.27. The number of rotatable bonds is 6. The number of aliphatic imine (C=N–C) groups is 1. The topological polar surface area (TPSA) is 105 Å². The summed E-state index contributed by atoms with van der Waals surface area (Å²) in [6.07, 6.45) is -3.40. The van der Waals surface area contributed by atoms with Gasteiger partial charge >= 0.3 is 12.1 Å². The molecule has 2 aliphatic rings. The maximum absolute atomic E-state index is 15.0. The summed E-state index contributed by atoms with van der Waals surface area (Å²) in [5.74, 6) is -6.32. The van der Waals surface area contributed by atoms with Crippen molar-refractivity contribution in [3.05, 3.63) is 82.9 Å². The van der Waals surface area contributed by atoms with E-state index in [1.54, 1.807) is 0 Å². The van der Waals surface area contributed by atoms with E-state index < -0.39 is 51.4 Å². The number of fused-ring (bicyclic) bond motifs is 2. The largest absolute Gasteiger partial charge is 0.496 e. The molecule has 2 fully saturated rings. The van der Waals surface area contributed by atoms with Gasteiger partial charge in [0, 0.05) is 17.3 Å². The van der Waals surface area contributed by atoms with Crippen LogP contribution in [0.3, 0.4) is 0 Å². The second-order valence-corrected chi connectivity index (χ2v) is 11.9. The Morgan fingerprint density at radius 2 is 1.74 bits per heavy atom. The third-order valence-electron chi connectivity index (χ3n) is 7.73. The summed E-state index contributed by atoms with van der Waals surface area (Å²) in [5, 5.41) is 11.6. The molecule has 2 aliphatic carbocycles. The van der Waals surface area contributed by atoms with Crippen LogP contribution in [0.5, 0.6) is 5.75 Å². The molecule has 0 saturated heterocycles. The van der Waals surface area contributed by atoms with Crippen molar-refractivity contribution >= 4 is 45.1 Å². The van der Waals surface area contributed by atoms with Gasteiger partial charge in [-0.1, -0.05) is 28.1 Å². The Morgan fingerprint density at radius 1 is 1.05 bits per heavy atom. The normalized spacial score (nSPS) is 22.1. The number of nitrogens with one attached hydrogen (secondary N) is 1. The molecular weight excluding hydrogens is 643 g/mol. The predicted molar refractivity (Wildman–Crippen MR) is 150 cm³/mol. The lowest BCUT2D eigenvalue weighted by atomic mass is 9.86. The third kappa shape index (κ3) is 5.77. The smallest absolute Gasteiger partial charge is 0.419 e. The van der Waals surface area contributed by atoms with Crippen LogP contribution in [0.15, 0.2) is 59.6 Å². The van der Waals surface area contributed by atoms with Crippen LogP contribution in [0.4, 0.5) is 27.6 Å².